The Kier molecular flexibility index (Phi) is 4.43. The van der Waals surface area contributed by atoms with Crippen molar-refractivity contribution >= 4 is 43.4 Å². The second kappa shape index (κ2) is 10.9. The summed E-state index contributed by atoms with van der Waals surface area (Å²) in [5.74, 6) is 0.199. The van der Waals surface area contributed by atoms with E-state index < -0.39 is 65.5 Å². The van der Waals surface area contributed by atoms with Gasteiger partial charge in [0.15, 0.2) is 11.6 Å². The molecular formula is C40H25N5S. The monoisotopic (exact) mass is 616 g/mol. The Hall–Kier alpha value is -5.98. The van der Waals surface area contributed by atoms with E-state index in [0.29, 0.717) is 11.1 Å². The number of hydrogen-bond donors (Lipinski definition) is 0. The molecule has 0 unspecified atom stereocenters. The van der Waals surface area contributed by atoms with Gasteiger partial charge < -0.3 is 0 Å². The predicted molar refractivity (Wildman–Crippen MR) is 189 cm³/mol. The Bertz CT molecular complexity index is 2940. The minimum Gasteiger partial charge on any atom is -0.278 e. The average molecular weight is 617 g/mol. The fraction of sp³-hybridized carbons (Fsp3) is 0. The highest BCUT2D eigenvalue weighted by molar-refractivity contribution is 7.21. The molecule has 3 aromatic heterocycles. The van der Waals surface area contributed by atoms with E-state index in [4.69, 9.17) is 29.5 Å². The molecule has 0 saturated carbocycles. The minimum absolute atomic E-state index is 0.151. The molecule has 216 valence electrons. The van der Waals surface area contributed by atoms with Crippen LogP contribution in [0.2, 0.25) is 0 Å². The van der Waals surface area contributed by atoms with Crippen LogP contribution in [-0.4, -0.2) is 24.5 Å². The van der Waals surface area contributed by atoms with Crippen LogP contribution in [-0.2, 0) is 0 Å². The molecule has 46 heavy (non-hydrogen) atoms. The lowest BCUT2D eigenvalue weighted by Crippen LogP contribution is -2.06. The second-order valence-electron chi connectivity index (χ2n) is 10.4. The van der Waals surface area contributed by atoms with Gasteiger partial charge in [0.1, 0.15) is 5.01 Å². The first-order valence-electron chi connectivity index (χ1n) is 18.9. The van der Waals surface area contributed by atoms with Gasteiger partial charge >= 0.3 is 0 Å². The van der Waals surface area contributed by atoms with Crippen molar-refractivity contribution in [2.45, 2.75) is 0 Å². The fourth-order valence-corrected chi connectivity index (χ4v) is 6.59. The van der Waals surface area contributed by atoms with Crippen molar-refractivity contribution in [1.82, 2.24) is 24.5 Å². The zero-order valence-corrected chi connectivity index (χ0v) is 24.7. The molecule has 0 radical (unpaired) electrons. The van der Waals surface area contributed by atoms with Crippen LogP contribution < -0.4 is 0 Å². The van der Waals surface area contributed by atoms with Gasteiger partial charge in [0.25, 0.3) is 0 Å². The Labute approximate surface area is 281 Å². The van der Waals surface area contributed by atoms with Gasteiger partial charge in [0, 0.05) is 27.5 Å². The van der Waals surface area contributed by atoms with E-state index in [1.807, 2.05) is 102 Å². The number of aromatic nitrogens is 5. The molecule has 3 heterocycles. The summed E-state index contributed by atoms with van der Waals surface area (Å²) in [4.78, 5) is 19.7. The first-order chi connectivity index (χ1) is 26.5. The first-order valence-corrected chi connectivity index (χ1v) is 15.2. The molecule has 0 bridgehead atoms. The van der Waals surface area contributed by atoms with Crippen LogP contribution in [0, 0.1) is 0 Å². The van der Waals surface area contributed by atoms with Gasteiger partial charge in [-0.1, -0.05) is 127 Å². The van der Waals surface area contributed by atoms with E-state index in [1.54, 1.807) is 0 Å². The van der Waals surface area contributed by atoms with Crippen molar-refractivity contribution in [2.75, 3.05) is 0 Å². The van der Waals surface area contributed by atoms with E-state index in [1.165, 1.54) is 11.3 Å². The number of rotatable bonds is 5. The lowest BCUT2D eigenvalue weighted by molar-refractivity contribution is 0.954. The van der Waals surface area contributed by atoms with Crippen LogP contribution in [0.5, 0.6) is 0 Å². The molecule has 5 nitrogen and oxygen atoms in total. The van der Waals surface area contributed by atoms with Crippen LogP contribution in [0.4, 0.5) is 0 Å². The topological polar surface area (TPSA) is 56.5 Å². The fourth-order valence-electron chi connectivity index (χ4n) is 5.59. The summed E-state index contributed by atoms with van der Waals surface area (Å²) in [7, 11) is 0. The molecule has 0 spiro atoms. The molecule has 0 saturated heterocycles. The van der Waals surface area contributed by atoms with Crippen LogP contribution in [0.25, 0.3) is 82.4 Å². The summed E-state index contributed by atoms with van der Waals surface area (Å²) < 4.78 is 80.6. The number of fused-ring (bicyclic) bond motifs is 4. The molecule has 0 N–H and O–H groups in total. The Balaban J connectivity index is 1.35. The maximum absolute atomic E-state index is 9.20. The molecule has 0 aliphatic rings. The van der Waals surface area contributed by atoms with Crippen molar-refractivity contribution in [3.05, 3.63) is 151 Å². The third-order valence-corrected chi connectivity index (χ3v) is 8.75. The molecule has 0 atom stereocenters. The Morgan fingerprint density at radius 2 is 1.13 bits per heavy atom. The second-order valence-corrected chi connectivity index (χ2v) is 11.5. The first kappa shape index (κ1) is 18.7. The molecule has 6 aromatic carbocycles. The number of nitrogens with zero attached hydrogens (tertiary/aromatic N) is 5. The standard InChI is InChI=1S/C40H25N5S/c1-3-12-26(13-4-1)27-22-24-28(25-23-27)37-42-38(32-18-11-21-35-36(32)41-39(46-35)29-14-5-2-6-15-29)44-40(43-37)45-33-19-9-7-16-30(33)31-17-8-10-20-34(31)45/h1-25H/i1D,3D,4D,12D,13D,22D,23D,24D,25D. The van der Waals surface area contributed by atoms with E-state index in [9.17, 15) is 2.74 Å². The number of para-hydroxylation sites is 3. The van der Waals surface area contributed by atoms with Crippen molar-refractivity contribution in [2.24, 2.45) is 0 Å². The average Bonchev–Trinajstić information content (AvgIpc) is 3.80. The van der Waals surface area contributed by atoms with Crippen molar-refractivity contribution in [3.8, 4) is 50.4 Å². The third-order valence-electron chi connectivity index (χ3n) is 7.68. The largest absolute Gasteiger partial charge is 0.278 e. The molecule has 9 rings (SSSR count). The summed E-state index contributed by atoms with van der Waals surface area (Å²) in [6.07, 6.45) is 0. The van der Waals surface area contributed by atoms with Gasteiger partial charge in [-0.15, -0.1) is 11.3 Å². The van der Waals surface area contributed by atoms with E-state index >= 15 is 0 Å². The summed E-state index contributed by atoms with van der Waals surface area (Å²) in [6, 6.07) is 25.5. The smallest absolute Gasteiger partial charge is 0.238 e. The molecule has 6 heteroatoms. The number of benzene rings is 6. The van der Waals surface area contributed by atoms with Crippen LogP contribution in [0.15, 0.2) is 151 Å². The molecule has 0 aliphatic heterocycles. The highest BCUT2D eigenvalue weighted by Crippen LogP contribution is 2.37. The maximum Gasteiger partial charge on any atom is 0.238 e. The molecular weight excluding hydrogens is 583 g/mol. The van der Waals surface area contributed by atoms with Gasteiger partial charge in [0.2, 0.25) is 5.95 Å². The SMILES string of the molecule is [2H]c1c([2H])c([2H])c(-c2c([2H])c([2H])c(-c3nc(-c4cccc5sc(-c6ccccc6)nc45)nc(-n4c5ccccc5c5ccccc54)n3)c([2H])c2[2H])c([2H])c1[2H]. The van der Waals surface area contributed by atoms with Crippen molar-refractivity contribution in [1.29, 1.82) is 0 Å². The Morgan fingerprint density at radius 3 is 1.87 bits per heavy atom. The molecule has 0 fully saturated rings. The molecule has 0 aliphatic carbocycles. The highest BCUT2D eigenvalue weighted by Gasteiger charge is 2.20. The zero-order chi connectivity index (χ0) is 38.3. The third kappa shape index (κ3) is 4.47. The van der Waals surface area contributed by atoms with Gasteiger partial charge in [-0.25, -0.2) is 9.97 Å². The van der Waals surface area contributed by atoms with Gasteiger partial charge in [-0.3, -0.25) is 4.57 Å². The van der Waals surface area contributed by atoms with Crippen molar-refractivity contribution in [3.63, 3.8) is 0 Å². The summed E-state index contributed by atoms with van der Waals surface area (Å²) in [6.45, 7) is 0. The zero-order valence-electron chi connectivity index (χ0n) is 32.9. The quantitative estimate of drug-likeness (QED) is 0.193. The lowest BCUT2D eigenvalue weighted by Gasteiger charge is -2.11. The van der Waals surface area contributed by atoms with Gasteiger partial charge in [-0.05, 0) is 35.4 Å². The Morgan fingerprint density at radius 1 is 0.500 bits per heavy atom. The highest BCUT2D eigenvalue weighted by atomic mass is 32.1. The summed E-state index contributed by atoms with van der Waals surface area (Å²) in [5, 5.41) is 2.69. The van der Waals surface area contributed by atoms with Crippen molar-refractivity contribution < 1.29 is 12.3 Å². The van der Waals surface area contributed by atoms with E-state index in [0.717, 1.165) is 37.1 Å². The predicted octanol–water partition coefficient (Wildman–Crippen LogP) is 10.2. The molecule has 9 aromatic rings. The molecule has 0 amide bonds. The summed E-state index contributed by atoms with van der Waals surface area (Å²) >= 11 is 1.51. The van der Waals surface area contributed by atoms with Crippen LogP contribution in [0.1, 0.15) is 12.3 Å². The van der Waals surface area contributed by atoms with E-state index in [-0.39, 0.29) is 23.2 Å². The number of thiazole rings is 1. The number of hydrogen-bond acceptors (Lipinski definition) is 5. The normalized spacial score (nSPS) is 14.2. The van der Waals surface area contributed by atoms with E-state index in [2.05, 4.69) is 0 Å². The van der Waals surface area contributed by atoms with Crippen LogP contribution >= 0.6 is 11.3 Å². The summed E-state index contributed by atoms with van der Waals surface area (Å²) in [5.41, 5.74) is 2.63. The van der Waals surface area contributed by atoms with Gasteiger partial charge in [-0.2, -0.15) is 9.97 Å². The van der Waals surface area contributed by atoms with Gasteiger partial charge in [0.05, 0.1) is 33.6 Å². The maximum atomic E-state index is 9.20. The minimum atomic E-state index is -0.651. The lowest BCUT2D eigenvalue weighted by atomic mass is 10.0. The van der Waals surface area contributed by atoms with Crippen LogP contribution in [0.3, 0.4) is 0 Å².